The molecule has 0 saturated heterocycles. The molecule has 16 heavy (non-hydrogen) atoms. The monoisotopic (exact) mass is 221 g/mol. The summed E-state index contributed by atoms with van der Waals surface area (Å²) in [4.78, 5) is 13.4. The molecule has 0 atom stereocenters. The third kappa shape index (κ3) is 3.26. The highest BCUT2D eigenvalue weighted by Gasteiger charge is 2.05. The Hall–Kier alpha value is -1.51. The number of nitrogens with zero attached hydrogens (tertiary/aromatic N) is 1. The van der Waals surface area contributed by atoms with Crippen LogP contribution in [0.5, 0.6) is 5.75 Å². The Bertz CT molecular complexity index is 346. The number of hydrogen-bond acceptors (Lipinski definition) is 3. The summed E-state index contributed by atoms with van der Waals surface area (Å²) >= 11 is 0. The highest BCUT2D eigenvalue weighted by Crippen LogP contribution is 2.21. The first-order valence-electron chi connectivity index (χ1n) is 5.76. The topological polar surface area (TPSA) is 29.5 Å². The van der Waals surface area contributed by atoms with Gasteiger partial charge in [-0.2, -0.15) is 0 Å². The van der Waals surface area contributed by atoms with Crippen molar-refractivity contribution >= 4 is 11.7 Å². The number of carbonyl (C=O) groups excluding carboxylic acids is 1. The first-order valence-corrected chi connectivity index (χ1v) is 5.76. The fourth-order valence-corrected chi connectivity index (χ4v) is 1.54. The van der Waals surface area contributed by atoms with Crippen molar-refractivity contribution in [1.29, 1.82) is 0 Å². The van der Waals surface area contributed by atoms with Gasteiger partial charge in [0.15, 0.2) is 0 Å². The Morgan fingerprint density at radius 3 is 2.50 bits per heavy atom. The van der Waals surface area contributed by atoms with Crippen LogP contribution in [0.4, 0.5) is 5.69 Å². The predicted molar refractivity (Wildman–Crippen MR) is 65.9 cm³/mol. The fraction of sp³-hybridized carbons (Fsp3) is 0.462. The van der Waals surface area contributed by atoms with Crippen LogP contribution >= 0.6 is 0 Å². The van der Waals surface area contributed by atoms with Crippen molar-refractivity contribution in [1.82, 2.24) is 0 Å². The second-order valence-corrected chi connectivity index (χ2v) is 3.50. The van der Waals surface area contributed by atoms with E-state index in [-0.39, 0.29) is 5.97 Å². The van der Waals surface area contributed by atoms with Gasteiger partial charge in [0.2, 0.25) is 0 Å². The summed E-state index contributed by atoms with van der Waals surface area (Å²) < 4.78 is 5.18. The van der Waals surface area contributed by atoms with E-state index in [1.165, 1.54) is 0 Å². The molecule has 0 aromatic heterocycles. The maximum Gasteiger partial charge on any atom is 0.310 e. The summed E-state index contributed by atoms with van der Waals surface area (Å²) in [5.41, 5.74) is 1.09. The van der Waals surface area contributed by atoms with E-state index in [1.807, 2.05) is 18.2 Å². The Balaban J connectivity index is 2.81. The average molecular weight is 221 g/mol. The van der Waals surface area contributed by atoms with Crippen molar-refractivity contribution in [2.45, 2.75) is 27.2 Å². The van der Waals surface area contributed by atoms with Crippen molar-refractivity contribution < 1.29 is 9.53 Å². The molecule has 1 aromatic carbocycles. The summed E-state index contributed by atoms with van der Waals surface area (Å²) in [6.07, 6.45) is 0.398. The summed E-state index contributed by atoms with van der Waals surface area (Å²) in [6.45, 7) is 7.89. The van der Waals surface area contributed by atoms with Crippen molar-refractivity contribution in [3.8, 4) is 5.75 Å². The van der Waals surface area contributed by atoms with Crippen LogP contribution in [0.25, 0.3) is 0 Å². The van der Waals surface area contributed by atoms with Gasteiger partial charge < -0.3 is 9.64 Å². The number of esters is 1. The largest absolute Gasteiger partial charge is 0.426 e. The summed E-state index contributed by atoms with van der Waals surface area (Å²) in [5, 5.41) is 0. The Morgan fingerprint density at radius 1 is 1.25 bits per heavy atom. The number of anilines is 1. The van der Waals surface area contributed by atoms with Crippen LogP contribution in [0.1, 0.15) is 27.2 Å². The molecule has 88 valence electrons. The van der Waals surface area contributed by atoms with Crippen LogP contribution in [0.15, 0.2) is 24.3 Å². The Labute approximate surface area is 97.0 Å². The molecule has 0 saturated carbocycles. The molecule has 0 heterocycles. The molecule has 0 aliphatic carbocycles. The van der Waals surface area contributed by atoms with Crippen LogP contribution < -0.4 is 9.64 Å². The minimum absolute atomic E-state index is 0.198. The molecule has 0 bridgehead atoms. The van der Waals surface area contributed by atoms with E-state index >= 15 is 0 Å². The number of carbonyl (C=O) groups is 1. The summed E-state index contributed by atoms with van der Waals surface area (Å²) in [7, 11) is 0. The second kappa shape index (κ2) is 6.16. The Kier molecular flexibility index (Phi) is 4.83. The zero-order valence-corrected chi connectivity index (χ0v) is 10.2. The van der Waals surface area contributed by atoms with Crippen molar-refractivity contribution in [3.05, 3.63) is 24.3 Å². The smallest absolute Gasteiger partial charge is 0.310 e. The van der Waals surface area contributed by atoms with Crippen LogP contribution in [-0.2, 0) is 4.79 Å². The number of hydrogen-bond donors (Lipinski definition) is 0. The minimum Gasteiger partial charge on any atom is -0.426 e. The lowest BCUT2D eigenvalue weighted by molar-refractivity contribution is -0.134. The van der Waals surface area contributed by atoms with Crippen molar-refractivity contribution in [2.75, 3.05) is 18.0 Å². The molecule has 0 unspecified atom stereocenters. The number of benzene rings is 1. The van der Waals surface area contributed by atoms with Crippen LogP contribution in [-0.4, -0.2) is 19.1 Å². The van der Waals surface area contributed by atoms with Crippen LogP contribution in [0.3, 0.4) is 0 Å². The third-order valence-corrected chi connectivity index (χ3v) is 2.47. The molecule has 0 spiro atoms. The van der Waals surface area contributed by atoms with E-state index in [2.05, 4.69) is 18.7 Å². The van der Waals surface area contributed by atoms with E-state index in [9.17, 15) is 4.79 Å². The molecule has 0 aliphatic heterocycles. The lowest BCUT2D eigenvalue weighted by Crippen LogP contribution is -2.21. The zero-order valence-electron chi connectivity index (χ0n) is 10.2. The van der Waals surface area contributed by atoms with Crippen molar-refractivity contribution in [2.24, 2.45) is 0 Å². The summed E-state index contributed by atoms with van der Waals surface area (Å²) in [6, 6.07) is 7.64. The highest BCUT2D eigenvalue weighted by atomic mass is 16.5. The molecule has 0 amide bonds. The maximum atomic E-state index is 11.2. The van der Waals surface area contributed by atoms with Gasteiger partial charge in [-0.1, -0.05) is 13.0 Å². The molecule has 0 fully saturated rings. The van der Waals surface area contributed by atoms with E-state index < -0.39 is 0 Å². The van der Waals surface area contributed by atoms with Gasteiger partial charge in [-0.25, -0.2) is 0 Å². The predicted octanol–water partition coefficient (Wildman–Crippen LogP) is 2.85. The molecule has 3 heteroatoms. The van der Waals surface area contributed by atoms with Gasteiger partial charge in [-0.3, -0.25) is 4.79 Å². The molecular formula is C13H19NO2. The van der Waals surface area contributed by atoms with E-state index in [1.54, 1.807) is 13.0 Å². The molecule has 1 aromatic rings. The summed E-state index contributed by atoms with van der Waals surface area (Å²) in [5.74, 6) is 0.424. The fourth-order valence-electron chi connectivity index (χ4n) is 1.54. The lowest BCUT2D eigenvalue weighted by Gasteiger charge is -2.21. The molecule has 1 rings (SSSR count). The van der Waals surface area contributed by atoms with Crippen LogP contribution in [0, 0.1) is 0 Å². The Morgan fingerprint density at radius 2 is 1.94 bits per heavy atom. The molecule has 0 N–H and O–H groups in total. The first kappa shape index (κ1) is 12.6. The van der Waals surface area contributed by atoms with Gasteiger partial charge in [0.05, 0.1) is 0 Å². The van der Waals surface area contributed by atoms with E-state index in [4.69, 9.17) is 4.74 Å². The van der Waals surface area contributed by atoms with Gasteiger partial charge in [-0.15, -0.1) is 0 Å². The third-order valence-electron chi connectivity index (χ3n) is 2.47. The van der Waals surface area contributed by atoms with Crippen LogP contribution in [0.2, 0.25) is 0 Å². The van der Waals surface area contributed by atoms with Gasteiger partial charge in [0.1, 0.15) is 5.75 Å². The van der Waals surface area contributed by atoms with Gasteiger partial charge in [0.25, 0.3) is 0 Å². The van der Waals surface area contributed by atoms with Gasteiger partial charge in [0, 0.05) is 31.3 Å². The van der Waals surface area contributed by atoms with E-state index in [0.717, 1.165) is 18.8 Å². The quantitative estimate of drug-likeness (QED) is 0.565. The molecule has 0 radical (unpaired) electrons. The molecule has 3 nitrogen and oxygen atoms in total. The van der Waals surface area contributed by atoms with E-state index in [0.29, 0.717) is 12.2 Å². The number of rotatable bonds is 5. The molecule has 0 aliphatic rings. The SMILES string of the molecule is CCC(=O)Oc1cccc(N(CC)CC)c1. The first-order chi connectivity index (χ1) is 7.71. The lowest BCUT2D eigenvalue weighted by atomic mass is 10.2. The average Bonchev–Trinajstić information content (AvgIpc) is 2.31. The van der Waals surface area contributed by atoms with Gasteiger partial charge in [-0.05, 0) is 26.0 Å². The normalized spacial score (nSPS) is 9.94. The molecular weight excluding hydrogens is 202 g/mol. The van der Waals surface area contributed by atoms with Crippen molar-refractivity contribution in [3.63, 3.8) is 0 Å². The zero-order chi connectivity index (χ0) is 12.0. The minimum atomic E-state index is -0.198. The number of ether oxygens (including phenoxy) is 1. The maximum absolute atomic E-state index is 11.2. The highest BCUT2D eigenvalue weighted by molar-refractivity contribution is 5.72. The standard InChI is InChI=1S/C13H19NO2/c1-4-13(15)16-12-9-7-8-11(10-12)14(5-2)6-3/h7-10H,4-6H2,1-3H3. The second-order valence-electron chi connectivity index (χ2n) is 3.50. The van der Waals surface area contributed by atoms with Gasteiger partial charge >= 0.3 is 5.97 Å².